The van der Waals surface area contributed by atoms with E-state index in [2.05, 4.69) is 19.7 Å². The van der Waals surface area contributed by atoms with Gasteiger partial charge in [-0.1, -0.05) is 39.5 Å². The smallest absolute Gasteiger partial charge is 0.385 e. The van der Waals surface area contributed by atoms with Crippen LogP contribution in [0.4, 0.5) is 0 Å². The zero-order valence-corrected chi connectivity index (χ0v) is 14.9. The molecule has 0 aliphatic rings. The highest BCUT2D eigenvalue weighted by Gasteiger charge is 2.43. The maximum absolute atomic E-state index is 11.9. The van der Waals surface area contributed by atoms with Crippen molar-refractivity contribution in [2.24, 2.45) is 0 Å². The fourth-order valence-electron chi connectivity index (χ4n) is 1.49. The third-order valence-electron chi connectivity index (χ3n) is 2.88. The summed E-state index contributed by atoms with van der Waals surface area (Å²) in [4.78, 5) is 35.8. The molecule has 24 heavy (non-hydrogen) atoms. The van der Waals surface area contributed by atoms with Crippen LogP contribution in [-0.4, -0.2) is 23.9 Å². The van der Waals surface area contributed by atoms with Crippen molar-refractivity contribution in [2.75, 3.05) is 0 Å². The molecule has 0 spiro atoms. The standard InChI is InChI=1S/C18H26O6/c1-8-9-10-11-18(22-15(19)12(2)3,23-16(20)13(4)5)24-17(21)14(6)7/h2,4,6,8-11H2,1,3,5,7H3. The van der Waals surface area contributed by atoms with Crippen molar-refractivity contribution in [1.29, 1.82) is 0 Å². The van der Waals surface area contributed by atoms with Crippen molar-refractivity contribution in [3.05, 3.63) is 36.5 Å². The lowest BCUT2D eigenvalue weighted by Crippen LogP contribution is -2.45. The number of hydrogen-bond acceptors (Lipinski definition) is 6. The van der Waals surface area contributed by atoms with E-state index in [1.165, 1.54) is 20.8 Å². The molecule has 0 amide bonds. The van der Waals surface area contributed by atoms with Gasteiger partial charge in [0.05, 0.1) is 6.42 Å². The summed E-state index contributed by atoms with van der Waals surface area (Å²) in [5.41, 5.74) is 0.229. The van der Waals surface area contributed by atoms with Gasteiger partial charge in [-0.25, -0.2) is 14.4 Å². The summed E-state index contributed by atoms with van der Waals surface area (Å²) in [5, 5.41) is 0. The Morgan fingerprint density at radius 3 is 1.33 bits per heavy atom. The number of carbonyl (C=O) groups excluding carboxylic acids is 3. The maximum atomic E-state index is 11.9. The van der Waals surface area contributed by atoms with Crippen LogP contribution in [0.5, 0.6) is 0 Å². The van der Waals surface area contributed by atoms with E-state index in [0.717, 1.165) is 12.8 Å². The Kier molecular flexibility index (Phi) is 8.74. The van der Waals surface area contributed by atoms with E-state index in [4.69, 9.17) is 14.2 Å². The molecule has 0 aromatic rings. The average molecular weight is 338 g/mol. The van der Waals surface area contributed by atoms with E-state index in [1.807, 2.05) is 6.92 Å². The van der Waals surface area contributed by atoms with Gasteiger partial charge in [0.2, 0.25) is 0 Å². The Labute approximate surface area is 143 Å². The number of rotatable bonds is 10. The third kappa shape index (κ3) is 7.26. The van der Waals surface area contributed by atoms with Gasteiger partial charge in [-0.2, -0.15) is 0 Å². The molecule has 0 saturated carbocycles. The van der Waals surface area contributed by atoms with Crippen molar-refractivity contribution in [2.45, 2.75) is 59.4 Å². The number of unbranched alkanes of at least 4 members (excludes halogenated alkanes) is 2. The number of hydrogen-bond donors (Lipinski definition) is 0. The molecule has 0 atom stereocenters. The van der Waals surface area contributed by atoms with Crippen molar-refractivity contribution in [3.63, 3.8) is 0 Å². The second-order valence-electron chi connectivity index (χ2n) is 5.65. The Bertz CT molecular complexity index is 474. The van der Waals surface area contributed by atoms with Gasteiger partial charge in [0.15, 0.2) is 0 Å². The first-order valence-electron chi connectivity index (χ1n) is 7.71. The monoisotopic (exact) mass is 338 g/mol. The predicted octanol–water partition coefficient (Wildman–Crippen LogP) is 3.58. The molecule has 0 unspecified atom stereocenters. The molecule has 0 radical (unpaired) electrons. The van der Waals surface area contributed by atoms with Crippen LogP contribution < -0.4 is 0 Å². The van der Waals surface area contributed by atoms with Crippen molar-refractivity contribution < 1.29 is 28.6 Å². The summed E-state index contributed by atoms with van der Waals surface area (Å²) < 4.78 is 15.5. The Balaban J connectivity index is 5.67. The van der Waals surface area contributed by atoms with Crippen LogP contribution in [0.15, 0.2) is 36.5 Å². The van der Waals surface area contributed by atoms with Gasteiger partial charge in [-0.15, -0.1) is 0 Å². The molecule has 0 aliphatic carbocycles. The highest BCUT2D eigenvalue weighted by atomic mass is 16.9. The summed E-state index contributed by atoms with van der Waals surface area (Å²) in [6.45, 7) is 16.7. The Hall–Kier alpha value is -2.37. The lowest BCUT2D eigenvalue weighted by atomic mass is 10.1. The quantitative estimate of drug-likeness (QED) is 0.262. The molecular weight excluding hydrogens is 312 g/mol. The van der Waals surface area contributed by atoms with Crippen LogP contribution in [0.1, 0.15) is 53.4 Å². The molecule has 134 valence electrons. The first-order valence-corrected chi connectivity index (χ1v) is 7.71. The van der Waals surface area contributed by atoms with Crippen LogP contribution in [0.2, 0.25) is 0 Å². The number of ether oxygens (including phenoxy) is 3. The maximum Gasteiger partial charge on any atom is 0.424 e. The normalized spacial score (nSPS) is 10.5. The zero-order chi connectivity index (χ0) is 18.9. The fourth-order valence-corrected chi connectivity index (χ4v) is 1.49. The topological polar surface area (TPSA) is 78.9 Å². The van der Waals surface area contributed by atoms with E-state index in [-0.39, 0.29) is 23.1 Å². The molecule has 6 heteroatoms. The van der Waals surface area contributed by atoms with Gasteiger partial charge in [0, 0.05) is 16.7 Å². The van der Waals surface area contributed by atoms with Gasteiger partial charge >= 0.3 is 23.9 Å². The first-order chi connectivity index (χ1) is 11.0. The molecule has 0 bridgehead atoms. The van der Waals surface area contributed by atoms with Gasteiger partial charge in [0.1, 0.15) is 0 Å². The minimum atomic E-state index is -2.17. The van der Waals surface area contributed by atoms with Crippen LogP contribution in [-0.2, 0) is 28.6 Å². The second-order valence-corrected chi connectivity index (χ2v) is 5.65. The lowest BCUT2D eigenvalue weighted by Gasteiger charge is -2.31. The van der Waals surface area contributed by atoms with Crippen molar-refractivity contribution in [1.82, 2.24) is 0 Å². The summed E-state index contributed by atoms with van der Waals surface area (Å²) in [6, 6.07) is 0. The highest BCUT2D eigenvalue weighted by Crippen LogP contribution is 2.27. The largest absolute Gasteiger partial charge is 0.424 e. The SMILES string of the molecule is C=C(C)C(=O)OC(CCCCC)(OC(=O)C(=C)C)OC(=O)C(=C)C. The molecule has 0 heterocycles. The van der Waals surface area contributed by atoms with E-state index >= 15 is 0 Å². The minimum absolute atomic E-state index is 0.00208. The second kappa shape index (κ2) is 9.70. The highest BCUT2D eigenvalue weighted by molar-refractivity contribution is 5.90. The molecule has 0 saturated heterocycles. The van der Waals surface area contributed by atoms with Gasteiger partial charge in [-0.05, 0) is 27.2 Å². The molecule has 6 nitrogen and oxygen atoms in total. The molecule has 0 fully saturated rings. The Morgan fingerprint density at radius 2 is 1.08 bits per heavy atom. The molecule has 0 rings (SSSR count). The van der Waals surface area contributed by atoms with E-state index < -0.39 is 23.9 Å². The summed E-state index contributed by atoms with van der Waals surface area (Å²) >= 11 is 0. The Morgan fingerprint density at radius 1 is 0.750 bits per heavy atom. The minimum Gasteiger partial charge on any atom is -0.385 e. The molecule has 0 N–H and O–H groups in total. The van der Waals surface area contributed by atoms with Crippen molar-refractivity contribution >= 4 is 17.9 Å². The lowest BCUT2D eigenvalue weighted by molar-refractivity contribution is -0.328. The van der Waals surface area contributed by atoms with E-state index in [1.54, 1.807) is 0 Å². The molecule has 0 aliphatic heterocycles. The van der Waals surface area contributed by atoms with Gasteiger partial charge in [0.25, 0.3) is 0 Å². The number of carbonyl (C=O) groups is 3. The summed E-state index contributed by atoms with van der Waals surface area (Å²) in [7, 11) is 0. The summed E-state index contributed by atoms with van der Waals surface area (Å²) in [6.07, 6.45) is 2.14. The van der Waals surface area contributed by atoms with Crippen LogP contribution >= 0.6 is 0 Å². The van der Waals surface area contributed by atoms with Gasteiger partial charge < -0.3 is 14.2 Å². The average Bonchev–Trinajstić information content (AvgIpc) is 2.46. The number of esters is 3. The van der Waals surface area contributed by atoms with Gasteiger partial charge in [-0.3, -0.25) is 0 Å². The predicted molar refractivity (Wildman–Crippen MR) is 89.6 cm³/mol. The zero-order valence-electron chi connectivity index (χ0n) is 14.9. The van der Waals surface area contributed by atoms with E-state index in [0.29, 0.717) is 6.42 Å². The first kappa shape index (κ1) is 21.6. The van der Waals surface area contributed by atoms with Crippen molar-refractivity contribution in [3.8, 4) is 0 Å². The van der Waals surface area contributed by atoms with Crippen LogP contribution in [0.3, 0.4) is 0 Å². The fraction of sp³-hybridized carbons (Fsp3) is 0.500. The molecular formula is C18H26O6. The van der Waals surface area contributed by atoms with Crippen LogP contribution in [0, 0.1) is 0 Å². The third-order valence-corrected chi connectivity index (χ3v) is 2.88. The van der Waals surface area contributed by atoms with Crippen LogP contribution in [0.25, 0.3) is 0 Å². The molecule has 0 aromatic carbocycles. The summed E-state index contributed by atoms with van der Waals surface area (Å²) in [5.74, 6) is -4.68. The van der Waals surface area contributed by atoms with E-state index in [9.17, 15) is 14.4 Å². The molecule has 0 aromatic heterocycles.